The number of carbonyl (C=O) groups excluding carboxylic acids is 1. The van der Waals surface area contributed by atoms with Crippen molar-refractivity contribution < 1.29 is 4.79 Å². The molecular weight excluding hydrogens is 393 g/mol. The highest BCUT2D eigenvalue weighted by Crippen LogP contribution is 2.17. The number of carbonyl (C=O) groups is 1. The predicted octanol–water partition coefficient (Wildman–Crippen LogP) is 4.09. The van der Waals surface area contributed by atoms with Crippen LogP contribution in [-0.2, 0) is 0 Å². The number of benzene rings is 1. The lowest BCUT2D eigenvalue weighted by Gasteiger charge is -2.07. The summed E-state index contributed by atoms with van der Waals surface area (Å²) in [6.07, 6.45) is 3.46. The Bertz CT molecular complexity index is 382. The van der Waals surface area contributed by atoms with Crippen LogP contribution in [0.2, 0.25) is 0 Å². The summed E-state index contributed by atoms with van der Waals surface area (Å²) in [6.45, 7) is 2.75. The van der Waals surface area contributed by atoms with Gasteiger partial charge in [-0.25, -0.2) is 0 Å². The van der Waals surface area contributed by atoms with Crippen LogP contribution in [0.5, 0.6) is 0 Å². The SMILES string of the molecule is Cc1ccc(Br)c(C(=O)NCCCCCI)c1. The molecule has 0 radical (unpaired) electrons. The molecule has 1 amide bonds. The van der Waals surface area contributed by atoms with E-state index in [1.54, 1.807) is 0 Å². The van der Waals surface area contributed by atoms with Crippen molar-refractivity contribution in [2.24, 2.45) is 0 Å². The Morgan fingerprint density at radius 1 is 1.35 bits per heavy atom. The van der Waals surface area contributed by atoms with Gasteiger partial charge in [-0.1, -0.05) is 40.6 Å². The van der Waals surface area contributed by atoms with Crippen molar-refractivity contribution >= 4 is 44.4 Å². The van der Waals surface area contributed by atoms with Gasteiger partial charge in [-0.15, -0.1) is 0 Å². The lowest BCUT2D eigenvalue weighted by molar-refractivity contribution is 0.0952. The Hall–Kier alpha value is -0.100. The Labute approximate surface area is 125 Å². The molecule has 4 heteroatoms. The normalized spacial score (nSPS) is 10.3. The molecule has 1 aromatic carbocycles. The predicted molar refractivity (Wildman–Crippen MR) is 84.0 cm³/mol. The summed E-state index contributed by atoms with van der Waals surface area (Å²) in [6, 6.07) is 5.81. The van der Waals surface area contributed by atoms with Crippen molar-refractivity contribution in [1.29, 1.82) is 0 Å². The van der Waals surface area contributed by atoms with Gasteiger partial charge in [-0.2, -0.15) is 0 Å². The summed E-state index contributed by atoms with van der Waals surface area (Å²) in [5, 5.41) is 2.95. The zero-order valence-electron chi connectivity index (χ0n) is 9.93. The zero-order chi connectivity index (χ0) is 12.7. The molecule has 1 rings (SSSR count). The number of hydrogen-bond donors (Lipinski definition) is 1. The van der Waals surface area contributed by atoms with Gasteiger partial charge in [0.15, 0.2) is 0 Å². The second-order valence-electron chi connectivity index (χ2n) is 3.99. The van der Waals surface area contributed by atoms with E-state index in [4.69, 9.17) is 0 Å². The van der Waals surface area contributed by atoms with Gasteiger partial charge in [-0.05, 0) is 52.3 Å². The lowest BCUT2D eigenvalue weighted by Crippen LogP contribution is -2.24. The smallest absolute Gasteiger partial charge is 0.252 e. The summed E-state index contributed by atoms with van der Waals surface area (Å²) < 4.78 is 2.04. The van der Waals surface area contributed by atoms with E-state index in [9.17, 15) is 4.79 Å². The largest absolute Gasteiger partial charge is 0.352 e. The third-order valence-electron chi connectivity index (χ3n) is 2.46. The molecule has 94 valence electrons. The number of amides is 1. The monoisotopic (exact) mass is 409 g/mol. The first-order valence-corrected chi connectivity index (χ1v) is 8.07. The molecule has 0 saturated carbocycles. The van der Waals surface area contributed by atoms with E-state index in [-0.39, 0.29) is 5.91 Å². The van der Waals surface area contributed by atoms with Crippen molar-refractivity contribution in [2.75, 3.05) is 11.0 Å². The van der Waals surface area contributed by atoms with Crippen molar-refractivity contribution in [1.82, 2.24) is 5.32 Å². The topological polar surface area (TPSA) is 29.1 Å². The van der Waals surface area contributed by atoms with Gasteiger partial charge < -0.3 is 5.32 Å². The minimum atomic E-state index is 0.00930. The fraction of sp³-hybridized carbons (Fsp3) is 0.462. The van der Waals surface area contributed by atoms with Crippen LogP contribution in [0.15, 0.2) is 22.7 Å². The molecule has 0 atom stereocenters. The van der Waals surface area contributed by atoms with E-state index in [1.807, 2.05) is 25.1 Å². The number of unbranched alkanes of at least 4 members (excludes halogenated alkanes) is 2. The summed E-state index contributed by atoms with van der Waals surface area (Å²) in [4.78, 5) is 11.9. The van der Waals surface area contributed by atoms with Gasteiger partial charge in [-0.3, -0.25) is 4.79 Å². The fourth-order valence-electron chi connectivity index (χ4n) is 1.51. The molecule has 0 aromatic heterocycles. The number of alkyl halides is 1. The van der Waals surface area contributed by atoms with Crippen molar-refractivity contribution in [3.63, 3.8) is 0 Å². The first kappa shape index (κ1) is 15.0. The molecule has 1 aromatic rings. The molecule has 0 heterocycles. The zero-order valence-corrected chi connectivity index (χ0v) is 13.7. The maximum atomic E-state index is 11.9. The Balaban J connectivity index is 2.44. The average Bonchev–Trinajstić information content (AvgIpc) is 2.32. The van der Waals surface area contributed by atoms with Crippen LogP contribution in [0.3, 0.4) is 0 Å². The highest BCUT2D eigenvalue weighted by atomic mass is 127. The van der Waals surface area contributed by atoms with Crippen LogP contribution < -0.4 is 5.32 Å². The number of aryl methyl sites for hydroxylation is 1. The summed E-state index contributed by atoms with van der Waals surface area (Å²) in [5.41, 5.74) is 1.82. The highest BCUT2D eigenvalue weighted by molar-refractivity contribution is 14.1. The van der Waals surface area contributed by atoms with Crippen molar-refractivity contribution in [3.8, 4) is 0 Å². The van der Waals surface area contributed by atoms with E-state index in [1.165, 1.54) is 17.3 Å². The standard InChI is InChI=1S/C13H17BrINO/c1-10-5-6-12(14)11(9-10)13(17)16-8-4-2-3-7-15/h5-6,9H,2-4,7-8H2,1H3,(H,16,17). The van der Waals surface area contributed by atoms with Gasteiger partial charge in [0.2, 0.25) is 0 Å². The highest BCUT2D eigenvalue weighted by Gasteiger charge is 2.08. The lowest BCUT2D eigenvalue weighted by atomic mass is 10.1. The van der Waals surface area contributed by atoms with Gasteiger partial charge in [0, 0.05) is 11.0 Å². The van der Waals surface area contributed by atoms with E-state index >= 15 is 0 Å². The second-order valence-corrected chi connectivity index (χ2v) is 5.92. The minimum absolute atomic E-state index is 0.00930. The Kier molecular flexibility index (Phi) is 7.11. The molecule has 0 fully saturated rings. The van der Waals surface area contributed by atoms with Gasteiger partial charge in [0.25, 0.3) is 5.91 Å². The average molecular weight is 410 g/mol. The first-order valence-electron chi connectivity index (χ1n) is 5.75. The molecule has 0 aliphatic carbocycles. The third kappa shape index (κ3) is 5.38. The number of rotatable bonds is 6. The summed E-state index contributed by atoms with van der Waals surface area (Å²) in [5.74, 6) is 0.00930. The molecular formula is C13H17BrINO. The fourth-order valence-corrected chi connectivity index (χ4v) is 2.47. The third-order valence-corrected chi connectivity index (χ3v) is 3.92. The Morgan fingerprint density at radius 2 is 2.12 bits per heavy atom. The van der Waals surface area contributed by atoms with Crippen LogP contribution >= 0.6 is 38.5 Å². The van der Waals surface area contributed by atoms with E-state index < -0.39 is 0 Å². The number of halogens is 2. The van der Waals surface area contributed by atoms with Gasteiger partial charge >= 0.3 is 0 Å². The van der Waals surface area contributed by atoms with Gasteiger partial charge in [0.05, 0.1) is 5.56 Å². The Morgan fingerprint density at radius 3 is 2.82 bits per heavy atom. The summed E-state index contributed by atoms with van der Waals surface area (Å²) >= 11 is 5.78. The van der Waals surface area contributed by atoms with Crippen LogP contribution in [0.1, 0.15) is 35.2 Å². The molecule has 1 N–H and O–H groups in total. The van der Waals surface area contributed by atoms with Crippen molar-refractivity contribution in [2.45, 2.75) is 26.2 Å². The van der Waals surface area contributed by atoms with E-state index in [0.29, 0.717) is 0 Å². The molecule has 0 spiro atoms. The van der Waals surface area contributed by atoms with Crippen LogP contribution in [-0.4, -0.2) is 16.9 Å². The number of nitrogens with one attached hydrogen (secondary N) is 1. The molecule has 0 aliphatic rings. The molecule has 0 saturated heterocycles. The minimum Gasteiger partial charge on any atom is -0.352 e. The maximum absolute atomic E-state index is 11.9. The molecule has 17 heavy (non-hydrogen) atoms. The van der Waals surface area contributed by atoms with E-state index in [2.05, 4.69) is 43.8 Å². The quantitative estimate of drug-likeness (QED) is 0.428. The van der Waals surface area contributed by atoms with Crippen molar-refractivity contribution in [3.05, 3.63) is 33.8 Å². The van der Waals surface area contributed by atoms with Crippen LogP contribution in [0.25, 0.3) is 0 Å². The second kappa shape index (κ2) is 8.08. The van der Waals surface area contributed by atoms with Crippen LogP contribution in [0.4, 0.5) is 0 Å². The molecule has 0 bridgehead atoms. The van der Waals surface area contributed by atoms with Crippen LogP contribution in [0, 0.1) is 6.92 Å². The van der Waals surface area contributed by atoms with E-state index in [0.717, 1.165) is 28.6 Å². The summed E-state index contributed by atoms with van der Waals surface area (Å²) in [7, 11) is 0. The number of hydrogen-bond acceptors (Lipinski definition) is 1. The maximum Gasteiger partial charge on any atom is 0.252 e. The molecule has 2 nitrogen and oxygen atoms in total. The molecule has 0 unspecified atom stereocenters. The molecule has 0 aliphatic heterocycles. The first-order chi connectivity index (χ1) is 8.15. The van der Waals surface area contributed by atoms with Gasteiger partial charge in [0.1, 0.15) is 0 Å².